The molecule has 0 fully saturated rings. The van der Waals surface area contributed by atoms with Crippen LogP contribution in [0.25, 0.3) is 0 Å². The molecule has 1 unspecified atom stereocenters. The molecular formula is C10H19NO4. The highest BCUT2D eigenvalue weighted by Crippen LogP contribution is 2.15. The molecule has 0 aliphatic heterocycles. The summed E-state index contributed by atoms with van der Waals surface area (Å²) in [7, 11) is 0. The second kappa shape index (κ2) is 6.50. The van der Waals surface area contributed by atoms with Crippen molar-refractivity contribution in [2.75, 3.05) is 6.61 Å². The first-order valence-corrected chi connectivity index (χ1v) is 5.27. The van der Waals surface area contributed by atoms with Gasteiger partial charge in [0.2, 0.25) is 5.78 Å². The van der Waals surface area contributed by atoms with Crippen LogP contribution < -0.4 is 0 Å². The normalized spacial score (nSPS) is 14.6. The van der Waals surface area contributed by atoms with Crippen LogP contribution in [0.1, 0.15) is 46.0 Å². The maximum Gasteiger partial charge on any atom is 0.298 e. The van der Waals surface area contributed by atoms with Crippen LogP contribution in [0.3, 0.4) is 0 Å². The van der Waals surface area contributed by atoms with Crippen molar-refractivity contribution in [2.45, 2.75) is 51.5 Å². The summed E-state index contributed by atoms with van der Waals surface area (Å²) in [6, 6.07) is 0. The SMILES string of the molecule is CCCCCCC(=O)C(C)(CO)[N+](=O)[O-]. The summed E-state index contributed by atoms with van der Waals surface area (Å²) in [5, 5.41) is 19.5. The van der Waals surface area contributed by atoms with Gasteiger partial charge in [-0.25, -0.2) is 0 Å². The smallest absolute Gasteiger partial charge is 0.298 e. The predicted molar refractivity (Wildman–Crippen MR) is 56.3 cm³/mol. The average Bonchev–Trinajstić information content (AvgIpc) is 2.22. The van der Waals surface area contributed by atoms with Gasteiger partial charge >= 0.3 is 0 Å². The third kappa shape index (κ3) is 3.95. The number of carbonyl (C=O) groups is 1. The Morgan fingerprint density at radius 1 is 1.40 bits per heavy atom. The minimum absolute atomic E-state index is 0.179. The molecular weight excluding hydrogens is 198 g/mol. The molecule has 5 heteroatoms. The summed E-state index contributed by atoms with van der Waals surface area (Å²) in [6.45, 7) is 2.50. The zero-order chi connectivity index (χ0) is 11.9. The maximum atomic E-state index is 11.5. The first-order valence-electron chi connectivity index (χ1n) is 5.27. The van der Waals surface area contributed by atoms with Crippen molar-refractivity contribution >= 4 is 5.78 Å². The van der Waals surface area contributed by atoms with E-state index < -0.39 is 22.9 Å². The first-order chi connectivity index (χ1) is 6.99. The number of hydrogen-bond acceptors (Lipinski definition) is 4. The molecule has 88 valence electrons. The van der Waals surface area contributed by atoms with Crippen molar-refractivity contribution in [1.82, 2.24) is 0 Å². The zero-order valence-electron chi connectivity index (χ0n) is 9.36. The van der Waals surface area contributed by atoms with Gasteiger partial charge in [-0.2, -0.15) is 0 Å². The van der Waals surface area contributed by atoms with Crippen molar-refractivity contribution < 1.29 is 14.8 Å². The molecule has 0 rings (SSSR count). The number of nitro groups is 1. The molecule has 0 amide bonds. The molecule has 0 radical (unpaired) electrons. The highest BCUT2D eigenvalue weighted by Gasteiger charge is 2.44. The van der Waals surface area contributed by atoms with E-state index in [-0.39, 0.29) is 6.42 Å². The van der Waals surface area contributed by atoms with Crippen molar-refractivity contribution in [3.63, 3.8) is 0 Å². The Bertz CT molecular complexity index is 229. The molecule has 0 saturated heterocycles. The van der Waals surface area contributed by atoms with E-state index in [2.05, 4.69) is 6.92 Å². The molecule has 0 aromatic carbocycles. The lowest BCUT2D eigenvalue weighted by molar-refractivity contribution is -0.550. The van der Waals surface area contributed by atoms with Crippen molar-refractivity contribution in [3.8, 4) is 0 Å². The van der Waals surface area contributed by atoms with Crippen molar-refractivity contribution in [1.29, 1.82) is 0 Å². The summed E-state index contributed by atoms with van der Waals surface area (Å²) in [4.78, 5) is 21.4. The van der Waals surface area contributed by atoms with E-state index >= 15 is 0 Å². The van der Waals surface area contributed by atoms with Gasteiger partial charge in [0.15, 0.2) is 0 Å². The molecule has 1 atom stereocenters. The molecule has 0 saturated carbocycles. The first kappa shape index (κ1) is 14.0. The van der Waals surface area contributed by atoms with Crippen LogP contribution in [-0.2, 0) is 4.79 Å². The molecule has 0 aliphatic carbocycles. The number of carbonyl (C=O) groups excluding carboxylic acids is 1. The number of hydrogen-bond donors (Lipinski definition) is 1. The quantitative estimate of drug-likeness (QED) is 0.380. The minimum Gasteiger partial charge on any atom is -0.388 e. The zero-order valence-corrected chi connectivity index (χ0v) is 9.36. The Morgan fingerprint density at radius 2 is 2.00 bits per heavy atom. The molecule has 15 heavy (non-hydrogen) atoms. The Kier molecular flexibility index (Phi) is 6.08. The molecule has 1 N–H and O–H groups in total. The van der Waals surface area contributed by atoms with E-state index in [9.17, 15) is 14.9 Å². The van der Waals surface area contributed by atoms with E-state index in [1.165, 1.54) is 6.92 Å². The standard InChI is InChI=1S/C10H19NO4/c1-3-4-5-6-7-9(13)10(2,8-12)11(14)15/h12H,3-8H2,1-2H3. The van der Waals surface area contributed by atoms with Gasteiger partial charge in [-0.1, -0.05) is 26.2 Å². The fourth-order valence-corrected chi connectivity index (χ4v) is 1.23. The number of ketones is 1. The highest BCUT2D eigenvalue weighted by atomic mass is 16.6. The number of aliphatic hydroxyl groups is 1. The van der Waals surface area contributed by atoms with Gasteiger partial charge in [0.1, 0.15) is 6.61 Å². The van der Waals surface area contributed by atoms with E-state index in [0.29, 0.717) is 6.42 Å². The minimum atomic E-state index is -1.81. The Morgan fingerprint density at radius 3 is 2.40 bits per heavy atom. The number of unbranched alkanes of at least 4 members (excludes halogenated alkanes) is 3. The number of rotatable bonds is 8. The van der Waals surface area contributed by atoms with E-state index in [4.69, 9.17) is 5.11 Å². The fourth-order valence-electron chi connectivity index (χ4n) is 1.23. The van der Waals surface area contributed by atoms with Crippen LogP contribution in [0.4, 0.5) is 0 Å². The lowest BCUT2D eigenvalue weighted by atomic mass is 9.94. The Labute approximate surface area is 89.6 Å². The molecule has 0 aliphatic rings. The predicted octanol–water partition coefficient (Wildman–Crippen LogP) is 1.55. The third-order valence-corrected chi connectivity index (χ3v) is 2.57. The van der Waals surface area contributed by atoms with E-state index in [0.717, 1.165) is 19.3 Å². The van der Waals surface area contributed by atoms with Gasteiger partial charge in [0.25, 0.3) is 5.54 Å². The van der Waals surface area contributed by atoms with Gasteiger partial charge in [0.05, 0.1) is 0 Å². The maximum absolute atomic E-state index is 11.5. The summed E-state index contributed by atoms with van der Waals surface area (Å²) >= 11 is 0. The van der Waals surface area contributed by atoms with Gasteiger partial charge in [-0.3, -0.25) is 14.9 Å². The second-order valence-electron chi connectivity index (χ2n) is 3.92. The lowest BCUT2D eigenvalue weighted by Gasteiger charge is -2.16. The van der Waals surface area contributed by atoms with Gasteiger partial charge in [-0.05, 0) is 6.42 Å². The van der Waals surface area contributed by atoms with Crippen LogP contribution in [-0.4, -0.2) is 28.0 Å². The number of aliphatic hydroxyl groups excluding tert-OH is 1. The Hall–Kier alpha value is -0.970. The van der Waals surface area contributed by atoms with E-state index in [1.54, 1.807) is 0 Å². The van der Waals surface area contributed by atoms with Crippen LogP contribution in [0.5, 0.6) is 0 Å². The third-order valence-electron chi connectivity index (χ3n) is 2.57. The number of Topliss-reactive ketones (excluding diaryl/α,β-unsaturated/α-hetero) is 1. The molecule has 5 nitrogen and oxygen atoms in total. The lowest BCUT2D eigenvalue weighted by Crippen LogP contribution is -2.46. The summed E-state index contributed by atoms with van der Waals surface area (Å²) in [5.41, 5.74) is -1.81. The van der Waals surface area contributed by atoms with Crippen LogP contribution in [0, 0.1) is 10.1 Å². The average molecular weight is 217 g/mol. The van der Waals surface area contributed by atoms with Crippen LogP contribution in [0.15, 0.2) is 0 Å². The summed E-state index contributed by atoms with van der Waals surface area (Å²) < 4.78 is 0. The topological polar surface area (TPSA) is 80.4 Å². The molecule has 0 aromatic heterocycles. The molecule has 0 bridgehead atoms. The van der Waals surface area contributed by atoms with Crippen molar-refractivity contribution in [2.24, 2.45) is 0 Å². The monoisotopic (exact) mass is 217 g/mol. The largest absolute Gasteiger partial charge is 0.388 e. The van der Waals surface area contributed by atoms with Gasteiger partial charge in [-0.15, -0.1) is 0 Å². The van der Waals surface area contributed by atoms with Crippen LogP contribution in [0.2, 0.25) is 0 Å². The molecule has 0 aromatic rings. The molecule has 0 spiro atoms. The second-order valence-corrected chi connectivity index (χ2v) is 3.92. The van der Waals surface area contributed by atoms with Crippen LogP contribution >= 0.6 is 0 Å². The Balaban J connectivity index is 4.11. The van der Waals surface area contributed by atoms with Gasteiger partial charge < -0.3 is 5.11 Å². The summed E-state index contributed by atoms with van der Waals surface area (Å²) in [5.74, 6) is -0.480. The highest BCUT2D eigenvalue weighted by molar-refractivity contribution is 5.86. The summed E-state index contributed by atoms with van der Waals surface area (Å²) in [6.07, 6.45) is 3.83. The van der Waals surface area contributed by atoms with Crippen molar-refractivity contribution in [3.05, 3.63) is 10.1 Å². The van der Waals surface area contributed by atoms with E-state index in [1.807, 2.05) is 0 Å². The van der Waals surface area contributed by atoms with Gasteiger partial charge in [0, 0.05) is 18.3 Å². The number of nitrogens with zero attached hydrogens (tertiary/aromatic N) is 1. The fraction of sp³-hybridized carbons (Fsp3) is 0.900. The molecule has 0 heterocycles.